The van der Waals surface area contributed by atoms with Crippen LogP contribution >= 0.6 is 0 Å². The second kappa shape index (κ2) is 11.2. The van der Waals surface area contributed by atoms with Gasteiger partial charge in [0, 0.05) is 37.8 Å². The highest BCUT2D eigenvalue weighted by atomic mass is 19.3. The first-order valence-corrected chi connectivity index (χ1v) is 9.74. The number of nitriles is 1. The van der Waals surface area contributed by atoms with Crippen molar-refractivity contribution in [2.75, 3.05) is 7.05 Å². The lowest BCUT2D eigenvalue weighted by atomic mass is 10.0. The molecule has 0 amide bonds. The van der Waals surface area contributed by atoms with E-state index in [1.165, 1.54) is 13.1 Å². The number of nitrogens with zero attached hydrogens (tertiary/aromatic N) is 3. The van der Waals surface area contributed by atoms with Crippen molar-refractivity contribution in [2.24, 2.45) is 16.6 Å². The van der Waals surface area contributed by atoms with Gasteiger partial charge in [-0.1, -0.05) is 26.3 Å². The summed E-state index contributed by atoms with van der Waals surface area (Å²) in [6.07, 6.45) is 1.57. The van der Waals surface area contributed by atoms with E-state index in [1.807, 2.05) is 26.0 Å². The molecule has 0 saturated carbocycles. The van der Waals surface area contributed by atoms with Crippen LogP contribution in [0.1, 0.15) is 37.8 Å². The van der Waals surface area contributed by atoms with Crippen molar-refractivity contribution in [2.45, 2.75) is 39.7 Å². The van der Waals surface area contributed by atoms with E-state index in [4.69, 9.17) is 10.5 Å². The second-order valence-corrected chi connectivity index (χ2v) is 6.96. The summed E-state index contributed by atoms with van der Waals surface area (Å²) >= 11 is 0. The molecule has 30 heavy (non-hydrogen) atoms. The Morgan fingerprint density at radius 3 is 2.63 bits per heavy atom. The van der Waals surface area contributed by atoms with Gasteiger partial charge in [-0.3, -0.25) is 9.98 Å². The molecule has 2 N–H and O–H groups in total. The Morgan fingerprint density at radius 1 is 1.33 bits per heavy atom. The maximum absolute atomic E-state index is 13.3. The zero-order valence-electron chi connectivity index (χ0n) is 17.4. The molecule has 0 fully saturated rings. The van der Waals surface area contributed by atoms with E-state index < -0.39 is 6.43 Å². The van der Waals surface area contributed by atoms with E-state index in [-0.39, 0.29) is 11.6 Å². The van der Waals surface area contributed by atoms with E-state index in [0.29, 0.717) is 41.3 Å². The number of pyridine rings is 1. The monoisotopic (exact) mass is 412 g/mol. The Hall–Kier alpha value is -3.11. The summed E-state index contributed by atoms with van der Waals surface area (Å²) in [5, 5.41) is 9.30. The third-order valence-corrected chi connectivity index (χ3v) is 4.73. The van der Waals surface area contributed by atoms with Crippen LogP contribution in [0.2, 0.25) is 0 Å². The molecule has 158 valence electrons. The van der Waals surface area contributed by atoms with E-state index in [9.17, 15) is 14.0 Å². The molecular formula is C23H26F2N4O. The number of alkyl halides is 2. The molecule has 1 aromatic heterocycles. The highest BCUT2D eigenvalue weighted by molar-refractivity contribution is 5.97. The van der Waals surface area contributed by atoms with Crippen LogP contribution in [0.5, 0.6) is 5.75 Å². The molecule has 1 atom stereocenters. The lowest BCUT2D eigenvalue weighted by molar-refractivity contribution is 0.226. The Morgan fingerprint density at radius 2 is 2.10 bits per heavy atom. The van der Waals surface area contributed by atoms with E-state index in [2.05, 4.69) is 16.0 Å². The third kappa shape index (κ3) is 6.19. The first kappa shape index (κ1) is 23.2. The van der Waals surface area contributed by atoms with Crippen molar-refractivity contribution in [1.29, 1.82) is 5.26 Å². The van der Waals surface area contributed by atoms with Gasteiger partial charge in [0.05, 0.1) is 17.3 Å². The summed E-state index contributed by atoms with van der Waals surface area (Å²) in [5.41, 5.74) is 7.85. The number of halogens is 2. The van der Waals surface area contributed by atoms with Gasteiger partial charge >= 0.3 is 0 Å². The van der Waals surface area contributed by atoms with Gasteiger partial charge in [-0.25, -0.2) is 8.78 Å². The molecule has 1 heterocycles. The fourth-order valence-electron chi connectivity index (χ4n) is 2.74. The van der Waals surface area contributed by atoms with Crippen LogP contribution in [-0.2, 0) is 6.54 Å². The number of rotatable bonds is 9. The van der Waals surface area contributed by atoms with Gasteiger partial charge < -0.3 is 10.5 Å². The van der Waals surface area contributed by atoms with Crippen LogP contribution in [0.3, 0.4) is 0 Å². The molecule has 0 aliphatic heterocycles. The SMILES string of the molecule is CCC(C)C/C(=C\C(=NC)C(F)F)Oc1cc(C#N)ccc1-c1ccc(CN)cn1. The predicted molar refractivity (Wildman–Crippen MR) is 114 cm³/mol. The van der Waals surface area contributed by atoms with Crippen molar-refractivity contribution in [3.63, 3.8) is 0 Å². The van der Waals surface area contributed by atoms with Gasteiger partial charge in [-0.2, -0.15) is 5.26 Å². The van der Waals surface area contributed by atoms with Gasteiger partial charge in [0.2, 0.25) is 0 Å². The lowest BCUT2D eigenvalue weighted by Gasteiger charge is -2.17. The molecule has 7 heteroatoms. The van der Waals surface area contributed by atoms with Crippen LogP contribution in [0, 0.1) is 17.2 Å². The quantitative estimate of drug-likeness (QED) is 0.458. The van der Waals surface area contributed by atoms with Crippen molar-refractivity contribution in [1.82, 2.24) is 4.98 Å². The van der Waals surface area contributed by atoms with Crippen LogP contribution in [0.15, 0.2) is 53.4 Å². The lowest BCUT2D eigenvalue weighted by Crippen LogP contribution is -2.11. The number of benzene rings is 1. The first-order chi connectivity index (χ1) is 14.4. The molecule has 2 rings (SSSR count). The van der Waals surface area contributed by atoms with Crippen molar-refractivity contribution in [3.05, 3.63) is 59.5 Å². The molecule has 5 nitrogen and oxygen atoms in total. The minimum Gasteiger partial charge on any atom is -0.461 e. The molecule has 2 aromatic rings. The minimum absolute atomic E-state index is 0.219. The highest BCUT2D eigenvalue weighted by Gasteiger charge is 2.17. The van der Waals surface area contributed by atoms with Crippen LogP contribution in [0.4, 0.5) is 8.78 Å². The normalized spacial score (nSPS) is 13.3. The molecule has 1 unspecified atom stereocenters. The van der Waals surface area contributed by atoms with E-state index >= 15 is 0 Å². The van der Waals surface area contributed by atoms with E-state index in [1.54, 1.807) is 24.4 Å². The smallest absolute Gasteiger partial charge is 0.280 e. The van der Waals surface area contributed by atoms with E-state index in [0.717, 1.165) is 12.0 Å². The van der Waals surface area contributed by atoms with Gasteiger partial charge in [0.1, 0.15) is 17.2 Å². The van der Waals surface area contributed by atoms with Gasteiger partial charge in [0.15, 0.2) is 0 Å². The molecule has 0 bridgehead atoms. The van der Waals surface area contributed by atoms with Gasteiger partial charge in [-0.05, 0) is 35.7 Å². The molecule has 1 aromatic carbocycles. The summed E-state index contributed by atoms with van der Waals surface area (Å²) < 4.78 is 32.6. The third-order valence-electron chi connectivity index (χ3n) is 4.73. The number of aromatic nitrogens is 1. The summed E-state index contributed by atoms with van der Waals surface area (Å²) in [5.74, 6) is 0.957. The zero-order valence-corrected chi connectivity index (χ0v) is 17.4. The van der Waals surface area contributed by atoms with Crippen LogP contribution in [-0.4, -0.2) is 24.2 Å². The molecule has 0 spiro atoms. The molecule has 0 aliphatic carbocycles. The summed E-state index contributed by atoms with van der Waals surface area (Å²) in [7, 11) is 1.32. The number of aliphatic imine (C=N–C) groups is 1. The number of ether oxygens (including phenoxy) is 1. The molecule has 0 aliphatic rings. The van der Waals surface area contributed by atoms with Gasteiger partial charge in [0.25, 0.3) is 6.43 Å². The Labute approximate surface area is 175 Å². The number of hydrogen-bond acceptors (Lipinski definition) is 5. The first-order valence-electron chi connectivity index (χ1n) is 9.74. The number of nitrogens with two attached hydrogens (primary N) is 1. The Balaban J connectivity index is 2.51. The molecule has 0 radical (unpaired) electrons. The van der Waals surface area contributed by atoms with Crippen LogP contribution in [0.25, 0.3) is 11.3 Å². The fourth-order valence-corrected chi connectivity index (χ4v) is 2.74. The standard InChI is InChI=1S/C23H26F2N4O/c1-4-15(2)9-18(11-21(28-3)23(24)25)30-22-10-16(12-26)5-7-19(22)20-8-6-17(13-27)14-29-20/h5-8,10-11,14-15,23H,4,9,13,27H2,1-3H3/b18-11+,28-21?. The van der Waals surface area contributed by atoms with Crippen LogP contribution < -0.4 is 10.5 Å². The highest BCUT2D eigenvalue weighted by Crippen LogP contribution is 2.32. The van der Waals surface area contributed by atoms with Gasteiger partial charge in [-0.15, -0.1) is 0 Å². The maximum Gasteiger partial charge on any atom is 0.280 e. The fraction of sp³-hybridized carbons (Fsp3) is 0.348. The van der Waals surface area contributed by atoms with Crippen molar-refractivity contribution < 1.29 is 13.5 Å². The topological polar surface area (TPSA) is 84.3 Å². The Kier molecular flexibility index (Phi) is 8.63. The number of hydrogen-bond donors (Lipinski definition) is 1. The summed E-state index contributed by atoms with van der Waals surface area (Å²) in [6, 6.07) is 10.7. The number of allylic oxidation sites excluding steroid dienone is 2. The van der Waals surface area contributed by atoms with Crippen molar-refractivity contribution in [3.8, 4) is 23.1 Å². The van der Waals surface area contributed by atoms with Crippen molar-refractivity contribution >= 4 is 5.71 Å². The maximum atomic E-state index is 13.3. The predicted octanol–water partition coefficient (Wildman–Crippen LogP) is 5.11. The summed E-state index contributed by atoms with van der Waals surface area (Å²) in [4.78, 5) is 8.09. The second-order valence-electron chi connectivity index (χ2n) is 6.96. The zero-order chi connectivity index (χ0) is 22.1. The molecule has 0 saturated heterocycles. The largest absolute Gasteiger partial charge is 0.461 e. The average Bonchev–Trinajstić information content (AvgIpc) is 2.76. The summed E-state index contributed by atoms with van der Waals surface area (Å²) in [6.45, 7) is 4.41. The average molecular weight is 412 g/mol. The molecular weight excluding hydrogens is 386 g/mol. The minimum atomic E-state index is -2.71. The Bertz CT molecular complexity index is 947.